The molecule has 4 heteroatoms. The highest BCUT2D eigenvalue weighted by Gasteiger charge is 2.33. The summed E-state index contributed by atoms with van der Waals surface area (Å²) >= 11 is 0. The van der Waals surface area contributed by atoms with Crippen molar-refractivity contribution in [2.24, 2.45) is 5.92 Å². The van der Waals surface area contributed by atoms with Gasteiger partial charge in [-0.15, -0.1) is 0 Å². The number of aliphatic hydroxyl groups is 1. The van der Waals surface area contributed by atoms with Crippen LogP contribution in [0.2, 0.25) is 0 Å². The zero-order valence-corrected chi connectivity index (χ0v) is 12.6. The topological polar surface area (TPSA) is 35.5 Å². The van der Waals surface area contributed by atoms with Gasteiger partial charge in [-0.3, -0.25) is 0 Å². The third kappa shape index (κ3) is 2.81. The number of benzene rings is 1. The van der Waals surface area contributed by atoms with Crippen LogP contribution in [0.3, 0.4) is 0 Å². The number of hydrogen-bond acceptors (Lipinski definition) is 3. The standard InChI is InChI=1S/C16H25FN2O/c1-4-18-12(3)13-6-5-7-14(17)16(13)19-9-8-11(2)15(19)10-20/h5-7,11-12,15,18,20H,4,8-10H2,1-3H3. The molecule has 1 aliphatic rings. The molecule has 3 unspecified atom stereocenters. The molecule has 3 atom stereocenters. The van der Waals surface area contributed by atoms with E-state index in [1.165, 1.54) is 6.07 Å². The molecule has 1 fully saturated rings. The maximum absolute atomic E-state index is 14.4. The number of nitrogens with zero attached hydrogens (tertiary/aromatic N) is 1. The molecule has 1 aromatic carbocycles. The van der Waals surface area contributed by atoms with Gasteiger partial charge in [-0.25, -0.2) is 4.39 Å². The van der Waals surface area contributed by atoms with Gasteiger partial charge in [0, 0.05) is 12.6 Å². The molecule has 0 spiro atoms. The number of anilines is 1. The predicted molar refractivity (Wildman–Crippen MR) is 80.5 cm³/mol. The predicted octanol–water partition coefficient (Wildman–Crippen LogP) is 2.70. The van der Waals surface area contributed by atoms with Gasteiger partial charge in [0.1, 0.15) is 5.82 Å². The monoisotopic (exact) mass is 280 g/mol. The van der Waals surface area contributed by atoms with Crippen LogP contribution in [0.1, 0.15) is 38.8 Å². The first-order chi connectivity index (χ1) is 9.60. The first-order valence-electron chi connectivity index (χ1n) is 7.49. The smallest absolute Gasteiger partial charge is 0.146 e. The van der Waals surface area contributed by atoms with E-state index in [1.807, 2.05) is 17.9 Å². The lowest BCUT2D eigenvalue weighted by molar-refractivity contribution is 0.244. The summed E-state index contributed by atoms with van der Waals surface area (Å²) in [5, 5.41) is 13.0. The van der Waals surface area contributed by atoms with E-state index in [0.29, 0.717) is 11.6 Å². The number of aliphatic hydroxyl groups excluding tert-OH is 1. The largest absolute Gasteiger partial charge is 0.394 e. The first-order valence-corrected chi connectivity index (χ1v) is 7.49. The highest BCUT2D eigenvalue weighted by atomic mass is 19.1. The lowest BCUT2D eigenvalue weighted by Gasteiger charge is -2.31. The highest BCUT2D eigenvalue weighted by molar-refractivity contribution is 5.58. The maximum atomic E-state index is 14.4. The second-order valence-corrected chi connectivity index (χ2v) is 5.67. The van der Waals surface area contributed by atoms with E-state index in [0.717, 1.165) is 25.1 Å². The van der Waals surface area contributed by atoms with Crippen molar-refractivity contribution in [3.8, 4) is 0 Å². The minimum absolute atomic E-state index is 0.0134. The molecule has 1 saturated heterocycles. The van der Waals surface area contributed by atoms with E-state index in [9.17, 15) is 9.50 Å². The van der Waals surface area contributed by atoms with Crippen LogP contribution in [0, 0.1) is 11.7 Å². The molecule has 3 nitrogen and oxygen atoms in total. The third-order valence-corrected chi connectivity index (χ3v) is 4.35. The molecular formula is C16H25FN2O. The van der Waals surface area contributed by atoms with Crippen LogP contribution in [-0.4, -0.2) is 30.8 Å². The molecule has 0 amide bonds. The minimum Gasteiger partial charge on any atom is -0.394 e. The van der Waals surface area contributed by atoms with Crippen molar-refractivity contribution in [1.29, 1.82) is 0 Å². The summed E-state index contributed by atoms with van der Waals surface area (Å²) in [5.74, 6) is 0.196. The van der Waals surface area contributed by atoms with Gasteiger partial charge in [0.2, 0.25) is 0 Å². The minimum atomic E-state index is -0.195. The average Bonchev–Trinajstić information content (AvgIpc) is 2.79. The molecule has 0 saturated carbocycles. The van der Waals surface area contributed by atoms with Crippen LogP contribution >= 0.6 is 0 Å². The van der Waals surface area contributed by atoms with Crippen LogP contribution in [-0.2, 0) is 0 Å². The Kier molecular flexibility index (Phi) is 5.00. The molecule has 1 aliphatic heterocycles. The zero-order valence-electron chi connectivity index (χ0n) is 12.6. The van der Waals surface area contributed by atoms with Gasteiger partial charge in [-0.05, 0) is 37.4 Å². The number of halogens is 1. The number of hydrogen-bond donors (Lipinski definition) is 2. The third-order valence-electron chi connectivity index (χ3n) is 4.35. The zero-order chi connectivity index (χ0) is 14.7. The first kappa shape index (κ1) is 15.3. The molecule has 2 rings (SSSR count). The Balaban J connectivity index is 2.39. The van der Waals surface area contributed by atoms with Crippen molar-refractivity contribution in [1.82, 2.24) is 5.32 Å². The quantitative estimate of drug-likeness (QED) is 0.870. The van der Waals surface area contributed by atoms with E-state index in [2.05, 4.69) is 19.2 Å². The molecule has 0 aromatic heterocycles. The summed E-state index contributed by atoms with van der Waals surface area (Å²) in [4.78, 5) is 2.04. The summed E-state index contributed by atoms with van der Waals surface area (Å²) in [6.07, 6.45) is 0.995. The van der Waals surface area contributed by atoms with Gasteiger partial charge in [0.25, 0.3) is 0 Å². The maximum Gasteiger partial charge on any atom is 0.146 e. The van der Waals surface area contributed by atoms with Crippen molar-refractivity contribution >= 4 is 5.69 Å². The Morgan fingerprint density at radius 2 is 2.25 bits per heavy atom. The number of rotatable bonds is 5. The van der Waals surface area contributed by atoms with E-state index < -0.39 is 0 Å². The van der Waals surface area contributed by atoms with Crippen molar-refractivity contribution in [3.63, 3.8) is 0 Å². The van der Waals surface area contributed by atoms with E-state index in [1.54, 1.807) is 6.07 Å². The molecule has 112 valence electrons. The van der Waals surface area contributed by atoms with Crippen molar-refractivity contribution in [2.45, 2.75) is 39.3 Å². The lowest BCUT2D eigenvalue weighted by Crippen LogP contribution is -2.37. The van der Waals surface area contributed by atoms with Crippen LogP contribution in [0.15, 0.2) is 18.2 Å². The summed E-state index contributed by atoms with van der Waals surface area (Å²) in [6, 6.07) is 5.36. The van der Waals surface area contributed by atoms with Gasteiger partial charge in [-0.2, -0.15) is 0 Å². The van der Waals surface area contributed by atoms with E-state index in [-0.39, 0.29) is 24.5 Å². The molecule has 0 radical (unpaired) electrons. The van der Waals surface area contributed by atoms with E-state index >= 15 is 0 Å². The second-order valence-electron chi connectivity index (χ2n) is 5.67. The fraction of sp³-hybridized carbons (Fsp3) is 0.625. The normalized spacial score (nSPS) is 24.1. The van der Waals surface area contributed by atoms with Crippen molar-refractivity contribution < 1.29 is 9.50 Å². The van der Waals surface area contributed by atoms with Crippen molar-refractivity contribution in [3.05, 3.63) is 29.6 Å². The molecule has 1 aromatic rings. The van der Waals surface area contributed by atoms with Crippen LogP contribution in [0.5, 0.6) is 0 Å². The fourth-order valence-corrected chi connectivity index (χ4v) is 3.16. The Hall–Kier alpha value is -1.13. The number of para-hydroxylation sites is 1. The fourth-order valence-electron chi connectivity index (χ4n) is 3.16. The SMILES string of the molecule is CCNC(C)c1cccc(F)c1N1CCC(C)C1CO. The molecule has 1 heterocycles. The molecular weight excluding hydrogens is 255 g/mol. The molecule has 0 aliphatic carbocycles. The number of nitrogens with one attached hydrogen (secondary N) is 1. The van der Waals surface area contributed by atoms with Crippen molar-refractivity contribution in [2.75, 3.05) is 24.6 Å². The van der Waals surface area contributed by atoms with E-state index in [4.69, 9.17) is 0 Å². The Bertz CT molecular complexity index is 452. The van der Waals surface area contributed by atoms with Crippen LogP contribution < -0.4 is 10.2 Å². The molecule has 2 N–H and O–H groups in total. The summed E-state index contributed by atoms with van der Waals surface area (Å²) < 4.78 is 14.4. The Morgan fingerprint density at radius 1 is 1.50 bits per heavy atom. The Labute approximate surface area is 120 Å². The Morgan fingerprint density at radius 3 is 2.90 bits per heavy atom. The summed E-state index contributed by atoms with van der Waals surface area (Å²) in [7, 11) is 0. The van der Waals surface area contributed by atoms with Gasteiger partial charge in [0.15, 0.2) is 0 Å². The van der Waals surface area contributed by atoms with Gasteiger partial charge in [-0.1, -0.05) is 26.0 Å². The molecule has 0 bridgehead atoms. The van der Waals surface area contributed by atoms with Crippen LogP contribution in [0.4, 0.5) is 10.1 Å². The second kappa shape index (κ2) is 6.55. The van der Waals surface area contributed by atoms with Gasteiger partial charge >= 0.3 is 0 Å². The lowest BCUT2D eigenvalue weighted by atomic mass is 10.0. The summed E-state index contributed by atoms with van der Waals surface area (Å²) in [5.41, 5.74) is 1.63. The molecule has 20 heavy (non-hydrogen) atoms. The average molecular weight is 280 g/mol. The van der Waals surface area contributed by atoms with Crippen LogP contribution in [0.25, 0.3) is 0 Å². The summed E-state index contributed by atoms with van der Waals surface area (Å²) in [6.45, 7) is 7.94. The van der Waals surface area contributed by atoms with Gasteiger partial charge < -0.3 is 15.3 Å². The van der Waals surface area contributed by atoms with Gasteiger partial charge in [0.05, 0.1) is 18.3 Å². The highest BCUT2D eigenvalue weighted by Crippen LogP contribution is 2.36.